The molecule has 0 aromatic carbocycles. The van der Waals surface area contributed by atoms with Crippen LogP contribution in [0.2, 0.25) is 0 Å². The van der Waals surface area contributed by atoms with Crippen LogP contribution in [0, 0.1) is 5.41 Å². The van der Waals surface area contributed by atoms with Gasteiger partial charge in [-0.1, -0.05) is 6.92 Å². The molecule has 3 rings (SSSR count). The van der Waals surface area contributed by atoms with Crippen LogP contribution < -0.4 is 5.32 Å². The van der Waals surface area contributed by atoms with Crippen LogP contribution in [0.15, 0.2) is 0 Å². The minimum atomic E-state index is -0.511. The third-order valence-corrected chi connectivity index (χ3v) is 4.02. The van der Waals surface area contributed by atoms with E-state index in [4.69, 9.17) is 9.47 Å². The number of hydrogen-bond donors (Lipinski definition) is 2. The molecule has 0 aromatic rings. The lowest BCUT2D eigenvalue weighted by molar-refractivity contribution is -0.161. The van der Waals surface area contributed by atoms with Gasteiger partial charge in [-0.2, -0.15) is 0 Å². The molecule has 3 aliphatic rings. The third-order valence-electron chi connectivity index (χ3n) is 4.02. The van der Waals surface area contributed by atoms with E-state index in [2.05, 4.69) is 12.2 Å². The predicted octanol–water partition coefficient (Wildman–Crippen LogP) is 0.295. The second-order valence-corrected chi connectivity index (χ2v) is 6.21. The zero-order valence-electron chi connectivity index (χ0n) is 9.87. The van der Waals surface area contributed by atoms with Crippen LogP contribution in [0.25, 0.3) is 0 Å². The lowest BCUT2D eigenvalue weighted by atomic mass is 9.71. The zero-order valence-corrected chi connectivity index (χ0v) is 9.87. The normalized spacial score (nSPS) is 46.1. The number of nitrogens with one attached hydrogen (secondary N) is 1. The van der Waals surface area contributed by atoms with Crippen molar-refractivity contribution in [3.63, 3.8) is 0 Å². The van der Waals surface area contributed by atoms with Crippen molar-refractivity contribution in [1.82, 2.24) is 5.32 Å². The molecule has 2 N–H and O–H groups in total. The van der Waals surface area contributed by atoms with E-state index < -0.39 is 5.60 Å². The molecule has 4 nitrogen and oxygen atoms in total. The summed E-state index contributed by atoms with van der Waals surface area (Å²) in [7, 11) is 0. The second-order valence-electron chi connectivity index (χ2n) is 6.21. The monoisotopic (exact) mass is 227 g/mol. The number of hydrogen-bond acceptors (Lipinski definition) is 4. The molecule has 0 saturated carbocycles. The largest absolute Gasteiger partial charge is 0.390 e. The lowest BCUT2D eigenvalue weighted by Gasteiger charge is -2.50. The van der Waals surface area contributed by atoms with Gasteiger partial charge in [0.2, 0.25) is 0 Å². The van der Waals surface area contributed by atoms with Crippen molar-refractivity contribution >= 4 is 0 Å². The Morgan fingerprint density at radius 2 is 1.81 bits per heavy atom. The Hall–Kier alpha value is -0.160. The number of fused-ring (bicyclic) bond motifs is 2. The summed E-state index contributed by atoms with van der Waals surface area (Å²) in [6, 6.07) is 0.671. The van der Waals surface area contributed by atoms with E-state index in [1.54, 1.807) is 0 Å². The number of ether oxygens (including phenoxy) is 2. The summed E-state index contributed by atoms with van der Waals surface area (Å²) >= 11 is 0. The Morgan fingerprint density at radius 1 is 1.19 bits per heavy atom. The van der Waals surface area contributed by atoms with Gasteiger partial charge in [0.15, 0.2) is 0 Å². The first-order valence-electron chi connectivity index (χ1n) is 6.21. The summed E-state index contributed by atoms with van der Waals surface area (Å²) in [4.78, 5) is 0. The highest BCUT2D eigenvalue weighted by molar-refractivity contribution is 5.01. The van der Waals surface area contributed by atoms with Crippen molar-refractivity contribution in [3.8, 4) is 0 Å². The highest BCUT2D eigenvalue weighted by atomic mass is 16.5. The average molecular weight is 227 g/mol. The third kappa shape index (κ3) is 1.99. The molecule has 2 unspecified atom stereocenters. The first-order chi connectivity index (χ1) is 7.57. The Kier molecular flexibility index (Phi) is 2.51. The lowest BCUT2D eigenvalue weighted by Crippen LogP contribution is -2.61. The molecule has 0 aromatic heterocycles. The topological polar surface area (TPSA) is 50.7 Å². The van der Waals surface area contributed by atoms with Gasteiger partial charge in [-0.05, 0) is 19.3 Å². The summed E-state index contributed by atoms with van der Waals surface area (Å²) in [6.45, 7) is 5.30. The van der Waals surface area contributed by atoms with E-state index in [1.807, 2.05) is 0 Å². The van der Waals surface area contributed by atoms with Crippen LogP contribution >= 0.6 is 0 Å². The quantitative estimate of drug-likeness (QED) is 0.712. The molecule has 92 valence electrons. The molecule has 0 radical (unpaired) electrons. The highest BCUT2D eigenvalue weighted by Crippen LogP contribution is 2.41. The van der Waals surface area contributed by atoms with Gasteiger partial charge in [0.05, 0.1) is 32.0 Å². The van der Waals surface area contributed by atoms with Crippen molar-refractivity contribution in [1.29, 1.82) is 0 Å². The number of piperidine rings is 1. The fourth-order valence-electron chi connectivity index (χ4n) is 3.51. The van der Waals surface area contributed by atoms with Crippen LogP contribution in [0.4, 0.5) is 0 Å². The van der Waals surface area contributed by atoms with Crippen molar-refractivity contribution in [3.05, 3.63) is 0 Å². The van der Waals surface area contributed by atoms with Crippen LogP contribution in [0.1, 0.15) is 26.2 Å². The molecular formula is C12H21NO3. The fraction of sp³-hybridized carbons (Fsp3) is 1.00. The van der Waals surface area contributed by atoms with E-state index in [-0.39, 0.29) is 5.41 Å². The minimum Gasteiger partial charge on any atom is -0.390 e. The van der Waals surface area contributed by atoms with Crippen molar-refractivity contribution in [2.75, 3.05) is 26.4 Å². The van der Waals surface area contributed by atoms with Crippen molar-refractivity contribution in [2.45, 2.75) is 43.9 Å². The number of rotatable bonds is 2. The molecule has 3 fully saturated rings. The van der Waals surface area contributed by atoms with E-state index in [1.165, 1.54) is 0 Å². The number of aliphatic hydroxyl groups is 1. The van der Waals surface area contributed by atoms with Crippen molar-refractivity contribution < 1.29 is 14.6 Å². The minimum absolute atomic E-state index is 0.196. The maximum absolute atomic E-state index is 10.7. The van der Waals surface area contributed by atoms with Crippen molar-refractivity contribution in [2.24, 2.45) is 5.41 Å². The maximum Gasteiger partial charge on any atom is 0.0686 e. The van der Waals surface area contributed by atoms with Crippen LogP contribution in [0.5, 0.6) is 0 Å². The predicted molar refractivity (Wildman–Crippen MR) is 59.3 cm³/mol. The summed E-state index contributed by atoms with van der Waals surface area (Å²) in [5.74, 6) is 0. The summed E-state index contributed by atoms with van der Waals surface area (Å²) < 4.78 is 10.8. The standard InChI is InChI=1S/C12H21NO3/c1-11(7-16-8-11)6-12(14)2-9-4-15-5-10(3-12)13-9/h9-10,13-14H,2-8H2,1H3. The van der Waals surface area contributed by atoms with E-state index in [9.17, 15) is 5.11 Å². The highest BCUT2D eigenvalue weighted by Gasteiger charge is 2.47. The first-order valence-corrected chi connectivity index (χ1v) is 6.21. The van der Waals surface area contributed by atoms with Crippen LogP contribution in [0.3, 0.4) is 0 Å². The Balaban J connectivity index is 1.68. The molecule has 4 heteroatoms. The molecule has 3 heterocycles. The van der Waals surface area contributed by atoms with Crippen LogP contribution in [-0.2, 0) is 9.47 Å². The Labute approximate surface area is 96.3 Å². The van der Waals surface area contributed by atoms with E-state index in [0.29, 0.717) is 12.1 Å². The maximum atomic E-state index is 10.7. The van der Waals surface area contributed by atoms with Gasteiger partial charge >= 0.3 is 0 Å². The molecule has 16 heavy (non-hydrogen) atoms. The SMILES string of the molecule is CC1(CC2(O)CC3COCC(C2)N3)COC1. The Bertz CT molecular complexity index is 265. The molecule has 0 spiro atoms. The summed E-state index contributed by atoms with van der Waals surface area (Å²) in [5.41, 5.74) is -0.315. The van der Waals surface area contributed by atoms with Gasteiger partial charge in [0, 0.05) is 17.5 Å². The molecular weight excluding hydrogens is 206 g/mol. The molecule has 3 saturated heterocycles. The molecule has 0 amide bonds. The first kappa shape index (κ1) is 11.0. The van der Waals surface area contributed by atoms with Gasteiger partial charge < -0.3 is 19.9 Å². The van der Waals surface area contributed by atoms with Gasteiger partial charge in [-0.25, -0.2) is 0 Å². The summed E-state index contributed by atoms with van der Waals surface area (Å²) in [5, 5.41) is 14.2. The number of morpholine rings is 1. The van der Waals surface area contributed by atoms with E-state index in [0.717, 1.165) is 45.7 Å². The smallest absolute Gasteiger partial charge is 0.0686 e. The second kappa shape index (κ2) is 3.67. The fourth-order valence-corrected chi connectivity index (χ4v) is 3.51. The molecule has 3 aliphatic heterocycles. The van der Waals surface area contributed by atoms with Gasteiger partial charge in [-0.15, -0.1) is 0 Å². The Morgan fingerprint density at radius 3 is 2.31 bits per heavy atom. The van der Waals surface area contributed by atoms with Crippen LogP contribution in [-0.4, -0.2) is 49.2 Å². The molecule has 2 atom stereocenters. The average Bonchev–Trinajstić information content (AvgIpc) is 2.13. The molecule has 0 aliphatic carbocycles. The van der Waals surface area contributed by atoms with E-state index >= 15 is 0 Å². The van der Waals surface area contributed by atoms with Gasteiger partial charge in [0.25, 0.3) is 0 Å². The summed E-state index contributed by atoms with van der Waals surface area (Å²) in [6.07, 6.45) is 2.51. The molecule has 2 bridgehead atoms. The van der Waals surface area contributed by atoms with Gasteiger partial charge in [-0.3, -0.25) is 0 Å². The zero-order chi connectivity index (χ0) is 11.2. The van der Waals surface area contributed by atoms with Gasteiger partial charge in [0.1, 0.15) is 0 Å².